The Morgan fingerprint density at radius 2 is 1.89 bits per heavy atom. The van der Waals surface area contributed by atoms with Crippen molar-refractivity contribution in [2.24, 2.45) is 0 Å². The van der Waals surface area contributed by atoms with Crippen LogP contribution in [-0.2, 0) is 0 Å². The summed E-state index contributed by atoms with van der Waals surface area (Å²) in [6, 6.07) is 13.2. The molecule has 0 bridgehead atoms. The van der Waals surface area contributed by atoms with Crippen molar-refractivity contribution in [1.82, 2.24) is 0 Å². The van der Waals surface area contributed by atoms with Gasteiger partial charge in [-0.2, -0.15) is 5.26 Å². The number of nitrogens with two attached hydrogens (primary N) is 1. The van der Waals surface area contributed by atoms with E-state index in [0.29, 0.717) is 27.5 Å². The first-order valence-corrected chi connectivity index (χ1v) is 5.84. The minimum absolute atomic E-state index is 0.321. The number of rotatable bonds is 2. The maximum atomic E-state index is 12.0. The fourth-order valence-electron chi connectivity index (χ4n) is 1.55. The van der Waals surface area contributed by atoms with E-state index in [9.17, 15) is 4.79 Å². The molecule has 1 amide bonds. The van der Waals surface area contributed by atoms with Crippen molar-refractivity contribution in [3.05, 3.63) is 58.6 Å². The monoisotopic (exact) mass is 271 g/mol. The minimum Gasteiger partial charge on any atom is -0.399 e. The van der Waals surface area contributed by atoms with Gasteiger partial charge in [-0.15, -0.1) is 0 Å². The number of carbonyl (C=O) groups excluding carboxylic acids is 1. The first-order valence-electron chi connectivity index (χ1n) is 5.46. The summed E-state index contributed by atoms with van der Waals surface area (Å²) in [5.74, 6) is -0.321. The molecule has 5 heteroatoms. The zero-order chi connectivity index (χ0) is 13.8. The van der Waals surface area contributed by atoms with Gasteiger partial charge in [0.1, 0.15) is 6.07 Å². The average molecular weight is 272 g/mol. The van der Waals surface area contributed by atoms with Crippen LogP contribution in [0.15, 0.2) is 42.5 Å². The van der Waals surface area contributed by atoms with E-state index in [1.165, 1.54) is 6.07 Å². The Balaban J connectivity index is 2.26. The summed E-state index contributed by atoms with van der Waals surface area (Å²) < 4.78 is 0. The highest BCUT2D eigenvalue weighted by molar-refractivity contribution is 6.31. The topological polar surface area (TPSA) is 78.9 Å². The van der Waals surface area contributed by atoms with Gasteiger partial charge in [0.15, 0.2) is 0 Å². The number of halogens is 1. The molecule has 4 nitrogen and oxygen atoms in total. The van der Waals surface area contributed by atoms with Crippen LogP contribution in [0.3, 0.4) is 0 Å². The predicted octanol–water partition coefficient (Wildman–Crippen LogP) is 3.05. The molecule has 0 aliphatic heterocycles. The van der Waals surface area contributed by atoms with Crippen LogP contribution >= 0.6 is 11.6 Å². The van der Waals surface area contributed by atoms with Crippen LogP contribution in [0.5, 0.6) is 0 Å². The van der Waals surface area contributed by atoms with Crippen LogP contribution in [0.1, 0.15) is 15.9 Å². The van der Waals surface area contributed by atoms with Crippen molar-refractivity contribution >= 4 is 28.9 Å². The van der Waals surface area contributed by atoms with E-state index in [1.807, 2.05) is 6.07 Å². The van der Waals surface area contributed by atoms with E-state index < -0.39 is 0 Å². The highest BCUT2D eigenvalue weighted by atomic mass is 35.5. The third kappa shape index (κ3) is 3.03. The van der Waals surface area contributed by atoms with Crippen molar-refractivity contribution in [1.29, 1.82) is 5.26 Å². The number of hydrogen-bond acceptors (Lipinski definition) is 3. The molecule has 0 radical (unpaired) electrons. The van der Waals surface area contributed by atoms with Crippen molar-refractivity contribution in [3.8, 4) is 6.07 Å². The van der Waals surface area contributed by atoms with E-state index in [4.69, 9.17) is 22.6 Å². The third-order valence-corrected chi connectivity index (χ3v) is 2.76. The molecule has 2 aromatic carbocycles. The van der Waals surface area contributed by atoms with E-state index in [-0.39, 0.29) is 5.91 Å². The van der Waals surface area contributed by atoms with E-state index in [0.717, 1.165) is 0 Å². The highest BCUT2D eigenvalue weighted by Gasteiger charge is 2.09. The molecule has 0 unspecified atom stereocenters. The number of nitriles is 1. The van der Waals surface area contributed by atoms with Crippen LogP contribution in [0.25, 0.3) is 0 Å². The second kappa shape index (κ2) is 5.42. The van der Waals surface area contributed by atoms with Gasteiger partial charge in [-0.1, -0.05) is 11.6 Å². The third-order valence-electron chi connectivity index (χ3n) is 2.52. The SMILES string of the molecule is N#Cc1ccc(Cl)cc1NC(=O)c1ccc(N)cc1. The lowest BCUT2D eigenvalue weighted by molar-refractivity contribution is 0.102. The summed E-state index contributed by atoms with van der Waals surface area (Å²) in [6.45, 7) is 0. The molecule has 0 atom stereocenters. The molecule has 94 valence electrons. The molecule has 0 aliphatic rings. The van der Waals surface area contributed by atoms with Crippen LogP contribution in [0, 0.1) is 11.3 Å². The van der Waals surface area contributed by atoms with Gasteiger partial charge in [-0.05, 0) is 42.5 Å². The molecule has 0 heterocycles. The molecule has 3 N–H and O–H groups in total. The van der Waals surface area contributed by atoms with Crippen molar-refractivity contribution in [2.45, 2.75) is 0 Å². The maximum absolute atomic E-state index is 12.0. The number of nitrogens with one attached hydrogen (secondary N) is 1. The molecule has 0 fully saturated rings. The van der Waals surface area contributed by atoms with Crippen LogP contribution in [-0.4, -0.2) is 5.91 Å². The Morgan fingerprint density at radius 3 is 2.53 bits per heavy atom. The Morgan fingerprint density at radius 1 is 1.21 bits per heavy atom. The average Bonchev–Trinajstić information content (AvgIpc) is 2.39. The van der Waals surface area contributed by atoms with E-state index in [1.54, 1.807) is 36.4 Å². The lowest BCUT2D eigenvalue weighted by Gasteiger charge is -2.07. The molecular formula is C14H10ClN3O. The van der Waals surface area contributed by atoms with Gasteiger partial charge in [0.05, 0.1) is 11.3 Å². The van der Waals surface area contributed by atoms with Crippen molar-refractivity contribution in [3.63, 3.8) is 0 Å². The minimum atomic E-state index is -0.321. The molecule has 0 aromatic heterocycles. The van der Waals surface area contributed by atoms with Gasteiger partial charge in [-0.25, -0.2) is 0 Å². The molecule has 2 aromatic rings. The number of anilines is 2. The molecular weight excluding hydrogens is 262 g/mol. The normalized spacial score (nSPS) is 9.68. The zero-order valence-electron chi connectivity index (χ0n) is 9.85. The Labute approximate surface area is 115 Å². The van der Waals surface area contributed by atoms with Gasteiger partial charge in [0, 0.05) is 16.3 Å². The summed E-state index contributed by atoms with van der Waals surface area (Å²) in [5.41, 5.74) is 7.33. The highest BCUT2D eigenvalue weighted by Crippen LogP contribution is 2.21. The summed E-state index contributed by atoms with van der Waals surface area (Å²) in [4.78, 5) is 12.0. The van der Waals surface area contributed by atoms with Gasteiger partial charge in [0.25, 0.3) is 5.91 Å². The fourth-order valence-corrected chi connectivity index (χ4v) is 1.72. The second-order valence-corrected chi connectivity index (χ2v) is 4.31. The first kappa shape index (κ1) is 12.9. The largest absolute Gasteiger partial charge is 0.399 e. The standard InChI is InChI=1S/C14H10ClN3O/c15-11-4-1-10(8-16)13(7-11)18-14(19)9-2-5-12(17)6-3-9/h1-7H,17H2,(H,18,19). The summed E-state index contributed by atoms with van der Waals surface area (Å²) in [7, 11) is 0. The summed E-state index contributed by atoms with van der Waals surface area (Å²) >= 11 is 5.85. The number of amides is 1. The number of hydrogen-bond donors (Lipinski definition) is 2. The summed E-state index contributed by atoms with van der Waals surface area (Å²) in [5, 5.41) is 12.1. The van der Waals surface area contributed by atoms with Crippen LogP contribution < -0.4 is 11.1 Å². The Hall–Kier alpha value is -2.51. The molecule has 0 saturated heterocycles. The van der Waals surface area contributed by atoms with Crippen molar-refractivity contribution < 1.29 is 4.79 Å². The van der Waals surface area contributed by atoms with Gasteiger partial charge in [-0.3, -0.25) is 4.79 Å². The molecule has 2 rings (SSSR count). The quantitative estimate of drug-likeness (QED) is 0.824. The zero-order valence-corrected chi connectivity index (χ0v) is 10.6. The smallest absolute Gasteiger partial charge is 0.255 e. The molecule has 0 saturated carbocycles. The van der Waals surface area contributed by atoms with Crippen LogP contribution in [0.4, 0.5) is 11.4 Å². The first-order chi connectivity index (χ1) is 9.10. The Bertz CT molecular complexity index is 659. The number of nitrogens with zero attached hydrogens (tertiary/aromatic N) is 1. The van der Waals surface area contributed by atoms with E-state index in [2.05, 4.69) is 5.32 Å². The lowest BCUT2D eigenvalue weighted by atomic mass is 10.1. The second-order valence-electron chi connectivity index (χ2n) is 3.88. The number of nitrogen functional groups attached to an aromatic ring is 1. The number of benzene rings is 2. The molecule has 0 spiro atoms. The predicted molar refractivity (Wildman–Crippen MR) is 75.0 cm³/mol. The lowest BCUT2D eigenvalue weighted by Crippen LogP contribution is -2.12. The van der Waals surface area contributed by atoms with Gasteiger partial charge in [0.2, 0.25) is 0 Å². The van der Waals surface area contributed by atoms with E-state index >= 15 is 0 Å². The van der Waals surface area contributed by atoms with Gasteiger partial charge >= 0.3 is 0 Å². The molecule has 0 aliphatic carbocycles. The maximum Gasteiger partial charge on any atom is 0.255 e. The van der Waals surface area contributed by atoms with Gasteiger partial charge < -0.3 is 11.1 Å². The van der Waals surface area contributed by atoms with Crippen molar-refractivity contribution in [2.75, 3.05) is 11.1 Å². The summed E-state index contributed by atoms with van der Waals surface area (Å²) in [6.07, 6.45) is 0. The molecule has 19 heavy (non-hydrogen) atoms. The van der Waals surface area contributed by atoms with Crippen LogP contribution in [0.2, 0.25) is 5.02 Å². The number of carbonyl (C=O) groups is 1. The fraction of sp³-hybridized carbons (Fsp3) is 0. The Kier molecular flexibility index (Phi) is 3.69.